The summed E-state index contributed by atoms with van der Waals surface area (Å²) in [6.07, 6.45) is 6.04. The van der Waals surface area contributed by atoms with Crippen molar-refractivity contribution in [3.05, 3.63) is 29.3 Å². The third-order valence-electron chi connectivity index (χ3n) is 4.32. The number of hydrogen-bond acceptors (Lipinski definition) is 3. The summed E-state index contributed by atoms with van der Waals surface area (Å²) in [6, 6.07) is 7.00. The molecule has 1 saturated heterocycles. The largest absolute Gasteiger partial charge is 0.486 e. The molecule has 1 heterocycles. The van der Waals surface area contributed by atoms with Crippen LogP contribution in [0.3, 0.4) is 0 Å². The lowest BCUT2D eigenvalue weighted by Gasteiger charge is -2.32. The summed E-state index contributed by atoms with van der Waals surface area (Å²) in [5.74, 6) is 1.00. The molecule has 0 spiro atoms. The van der Waals surface area contributed by atoms with Crippen LogP contribution in [0.25, 0.3) is 0 Å². The molecule has 3 heteroatoms. The standard InChI is InChI=1S/C17H25NO2/c1-2-9-18-16-8-10-19-12-17(16)20-15-7-6-13-4-3-5-14(13)11-15/h6-7,11,16-18H,2-5,8-10,12H2,1H3. The van der Waals surface area contributed by atoms with Crippen molar-refractivity contribution in [2.45, 2.75) is 51.2 Å². The Hall–Kier alpha value is -1.06. The van der Waals surface area contributed by atoms with Crippen LogP contribution < -0.4 is 10.1 Å². The quantitative estimate of drug-likeness (QED) is 0.896. The smallest absolute Gasteiger partial charge is 0.137 e. The van der Waals surface area contributed by atoms with E-state index in [1.54, 1.807) is 0 Å². The van der Waals surface area contributed by atoms with E-state index in [4.69, 9.17) is 9.47 Å². The molecule has 1 aromatic carbocycles. The van der Waals surface area contributed by atoms with Gasteiger partial charge in [0, 0.05) is 12.6 Å². The lowest BCUT2D eigenvalue weighted by atomic mass is 10.1. The van der Waals surface area contributed by atoms with Crippen LogP contribution in [0.15, 0.2) is 18.2 Å². The molecule has 0 saturated carbocycles. The summed E-state index contributed by atoms with van der Waals surface area (Å²) in [4.78, 5) is 0. The van der Waals surface area contributed by atoms with E-state index in [1.807, 2.05) is 0 Å². The molecule has 2 aliphatic rings. The monoisotopic (exact) mass is 275 g/mol. The van der Waals surface area contributed by atoms with Gasteiger partial charge < -0.3 is 14.8 Å². The van der Waals surface area contributed by atoms with Crippen LogP contribution in [0.4, 0.5) is 0 Å². The maximum atomic E-state index is 6.20. The summed E-state index contributed by atoms with van der Waals surface area (Å²) in [6.45, 7) is 4.78. The minimum atomic E-state index is 0.134. The van der Waals surface area contributed by atoms with Crippen molar-refractivity contribution >= 4 is 0 Å². The van der Waals surface area contributed by atoms with Crippen LogP contribution in [0.5, 0.6) is 5.75 Å². The molecule has 2 unspecified atom stereocenters. The molecule has 3 rings (SSSR count). The molecule has 1 aliphatic carbocycles. The Labute approximate surface area is 121 Å². The zero-order chi connectivity index (χ0) is 13.8. The van der Waals surface area contributed by atoms with Crippen LogP contribution in [0.1, 0.15) is 37.3 Å². The number of ether oxygens (including phenoxy) is 2. The molecule has 1 aliphatic heterocycles. The van der Waals surface area contributed by atoms with E-state index < -0.39 is 0 Å². The number of rotatable bonds is 5. The number of benzene rings is 1. The highest BCUT2D eigenvalue weighted by molar-refractivity contribution is 5.38. The van der Waals surface area contributed by atoms with Gasteiger partial charge >= 0.3 is 0 Å². The van der Waals surface area contributed by atoms with Gasteiger partial charge in [-0.1, -0.05) is 13.0 Å². The van der Waals surface area contributed by atoms with Crippen molar-refractivity contribution in [3.63, 3.8) is 0 Å². The number of nitrogens with one attached hydrogen (secondary N) is 1. The highest BCUT2D eigenvalue weighted by Crippen LogP contribution is 2.27. The first kappa shape index (κ1) is 13.9. The fourth-order valence-corrected chi connectivity index (χ4v) is 3.19. The molecular formula is C17H25NO2. The predicted octanol–water partition coefficient (Wildman–Crippen LogP) is 2.71. The first-order valence-electron chi connectivity index (χ1n) is 7.96. The van der Waals surface area contributed by atoms with Crippen molar-refractivity contribution in [2.75, 3.05) is 19.8 Å². The highest BCUT2D eigenvalue weighted by atomic mass is 16.5. The van der Waals surface area contributed by atoms with E-state index in [1.165, 1.54) is 30.4 Å². The topological polar surface area (TPSA) is 30.5 Å². The average molecular weight is 275 g/mol. The number of aryl methyl sites for hydroxylation is 2. The fourth-order valence-electron chi connectivity index (χ4n) is 3.19. The van der Waals surface area contributed by atoms with Crippen LogP contribution in [-0.4, -0.2) is 31.9 Å². The van der Waals surface area contributed by atoms with Gasteiger partial charge in [-0.3, -0.25) is 0 Å². The summed E-state index contributed by atoms with van der Waals surface area (Å²) in [5, 5.41) is 3.59. The first-order valence-corrected chi connectivity index (χ1v) is 7.96. The van der Waals surface area contributed by atoms with E-state index in [-0.39, 0.29) is 6.10 Å². The number of fused-ring (bicyclic) bond motifs is 1. The van der Waals surface area contributed by atoms with Gasteiger partial charge in [0.1, 0.15) is 11.9 Å². The molecule has 0 bridgehead atoms. The predicted molar refractivity (Wildman–Crippen MR) is 80.4 cm³/mol. The molecule has 1 N–H and O–H groups in total. The minimum absolute atomic E-state index is 0.134. The normalized spacial score (nSPS) is 25.4. The van der Waals surface area contributed by atoms with Gasteiger partial charge in [0.15, 0.2) is 0 Å². The van der Waals surface area contributed by atoms with E-state index in [2.05, 4.69) is 30.4 Å². The minimum Gasteiger partial charge on any atom is -0.486 e. The second-order valence-electron chi connectivity index (χ2n) is 5.86. The van der Waals surface area contributed by atoms with Crippen molar-refractivity contribution < 1.29 is 9.47 Å². The van der Waals surface area contributed by atoms with Crippen LogP contribution in [0.2, 0.25) is 0 Å². The van der Waals surface area contributed by atoms with Crippen molar-refractivity contribution in [3.8, 4) is 5.75 Å². The van der Waals surface area contributed by atoms with Gasteiger partial charge in [0.2, 0.25) is 0 Å². The van der Waals surface area contributed by atoms with E-state index in [0.29, 0.717) is 12.6 Å². The van der Waals surface area contributed by atoms with Crippen LogP contribution in [0, 0.1) is 0 Å². The Morgan fingerprint density at radius 1 is 1.30 bits per heavy atom. The summed E-state index contributed by atoms with van der Waals surface area (Å²) >= 11 is 0. The Morgan fingerprint density at radius 2 is 2.20 bits per heavy atom. The Kier molecular flexibility index (Phi) is 4.58. The average Bonchev–Trinajstić information content (AvgIpc) is 2.94. The molecule has 0 aromatic heterocycles. The lowest BCUT2D eigenvalue weighted by Crippen LogP contribution is -2.49. The summed E-state index contributed by atoms with van der Waals surface area (Å²) in [5.41, 5.74) is 2.97. The third-order valence-corrected chi connectivity index (χ3v) is 4.32. The maximum absolute atomic E-state index is 6.20. The van der Waals surface area contributed by atoms with Crippen molar-refractivity contribution in [1.82, 2.24) is 5.32 Å². The molecule has 20 heavy (non-hydrogen) atoms. The van der Waals surface area contributed by atoms with Gasteiger partial charge in [0.05, 0.1) is 6.61 Å². The van der Waals surface area contributed by atoms with Crippen LogP contribution >= 0.6 is 0 Å². The molecule has 110 valence electrons. The SMILES string of the molecule is CCCNC1CCOCC1Oc1ccc2c(c1)CCC2. The molecule has 0 radical (unpaired) electrons. The molecule has 2 atom stereocenters. The van der Waals surface area contributed by atoms with Gasteiger partial charge in [0.25, 0.3) is 0 Å². The van der Waals surface area contributed by atoms with Crippen molar-refractivity contribution in [1.29, 1.82) is 0 Å². The van der Waals surface area contributed by atoms with E-state index in [0.717, 1.165) is 31.7 Å². The molecule has 3 nitrogen and oxygen atoms in total. The Bertz CT molecular complexity index is 447. The Balaban J connectivity index is 1.65. The van der Waals surface area contributed by atoms with E-state index in [9.17, 15) is 0 Å². The van der Waals surface area contributed by atoms with Gasteiger partial charge in [-0.05, 0) is 61.9 Å². The molecule has 0 amide bonds. The van der Waals surface area contributed by atoms with E-state index >= 15 is 0 Å². The molecule has 1 fully saturated rings. The third kappa shape index (κ3) is 3.15. The van der Waals surface area contributed by atoms with Crippen molar-refractivity contribution in [2.24, 2.45) is 0 Å². The second-order valence-corrected chi connectivity index (χ2v) is 5.86. The van der Waals surface area contributed by atoms with Gasteiger partial charge in [-0.15, -0.1) is 0 Å². The maximum Gasteiger partial charge on any atom is 0.137 e. The summed E-state index contributed by atoms with van der Waals surface area (Å²) in [7, 11) is 0. The summed E-state index contributed by atoms with van der Waals surface area (Å²) < 4.78 is 11.8. The Morgan fingerprint density at radius 3 is 3.10 bits per heavy atom. The highest BCUT2D eigenvalue weighted by Gasteiger charge is 2.27. The lowest BCUT2D eigenvalue weighted by molar-refractivity contribution is -0.0146. The molecule has 1 aromatic rings. The second kappa shape index (κ2) is 6.59. The first-order chi connectivity index (χ1) is 9.86. The molecular weight excluding hydrogens is 250 g/mol. The van der Waals surface area contributed by atoms with Crippen LogP contribution in [-0.2, 0) is 17.6 Å². The zero-order valence-electron chi connectivity index (χ0n) is 12.4. The fraction of sp³-hybridized carbons (Fsp3) is 0.647. The number of hydrogen-bond donors (Lipinski definition) is 1. The van der Waals surface area contributed by atoms with Gasteiger partial charge in [-0.2, -0.15) is 0 Å². The zero-order valence-corrected chi connectivity index (χ0v) is 12.4. The van der Waals surface area contributed by atoms with Gasteiger partial charge in [-0.25, -0.2) is 0 Å².